The zero-order valence-corrected chi connectivity index (χ0v) is 11.6. The average molecular weight is 275 g/mol. The molecule has 0 aliphatic carbocycles. The quantitative estimate of drug-likeness (QED) is 0.816. The number of aryl methyl sites for hydroxylation is 2. The van der Waals surface area contributed by atoms with Gasteiger partial charge in [0.05, 0.1) is 18.3 Å². The van der Waals surface area contributed by atoms with Gasteiger partial charge in [-0.25, -0.2) is 0 Å². The van der Waals surface area contributed by atoms with Crippen molar-refractivity contribution in [3.05, 3.63) is 29.4 Å². The molecule has 20 heavy (non-hydrogen) atoms. The molecule has 2 aromatic rings. The van der Waals surface area contributed by atoms with Crippen LogP contribution in [0.3, 0.4) is 0 Å². The number of rotatable bonds is 4. The van der Waals surface area contributed by atoms with E-state index in [0.717, 1.165) is 36.7 Å². The van der Waals surface area contributed by atoms with Gasteiger partial charge in [-0.3, -0.25) is 9.48 Å². The third kappa shape index (κ3) is 2.43. The van der Waals surface area contributed by atoms with Crippen molar-refractivity contribution in [2.45, 2.75) is 26.8 Å². The Morgan fingerprint density at radius 2 is 2.25 bits per heavy atom. The van der Waals surface area contributed by atoms with Crippen LogP contribution in [-0.4, -0.2) is 44.0 Å². The van der Waals surface area contributed by atoms with Crippen LogP contribution >= 0.6 is 0 Å². The summed E-state index contributed by atoms with van der Waals surface area (Å²) in [5.41, 5.74) is 1.71. The van der Waals surface area contributed by atoms with E-state index in [1.807, 2.05) is 24.9 Å². The van der Waals surface area contributed by atoms with Crippen molar-refractivity contribution >= 4 is 5.91 Å². The summed E-state index contributed by atoms with van der Waals surface area (Å²) in [6.45, 7) is 6.08. The maximum absolute atomic E-state index is 12.2. The number of carbonyl (C=O) groups excluding carboxylic acids is 1. The molecule has 0 radical (unpaired) electrons. The van der Waals surface area contributed by atoms with Gasteiger partial charge in [0.15, 0.2) is 0 Å². The Labute approximate surface area is 116 Å². The van der Waals surface area contributed by atoms with Crippen LogP contribution in [0.5, 0.6) is 0 Å². The lowest BCUT2D eigenvalue weighted by Gasteiger charge is -2.39. The normalized spacial score (nSPS) is 15.4. The lowest BCUT2D eigenvalue weighted by Crippen LogP contribution is -2.52. The minimum Gasteiger partial charge on any atom is -0.361 e. The summed E-state index contributed by atoms with van der Waals surface area (Å²) in [7, 11) is 0. The van der Waals surface area contributed by atoms with Gasteiger partial charge >= 0.3 is 0 Å². The maximum Gasteiger partial charge on any atom is 0.227 e. The molecule has 106 valence electrons. The molecule has 3 rings (SSSR count). The smallest absolute Gasteiger partial charge is 0.227 e. The predicted octanol–water partition coefficient (Wildman–Crippen LogP) is 0.584. The van der Waals surface area contributed by atoms with E-state index in [4.69, 9.17) is 4.52 Å². The number of nitrogens with zero attached hydrogens (tertiary/aromatic N) is 5. The molecule has 0 aromatic carbocycles. The van der Waals surface area contributed by atoms with E-state index in [2.05, 4.69) is 15.5 Å². The Morgan fingerprint density at radius 1 is 1.45 bits per heavy atom. The number of hydrogen-bond acceptors (Lipinski definition) is 5. The largest absolute Gasteiger partial charge is 0.361 e. The summed E-state index contributed by atoms with van der Waals surface area (Å²) >= 11 is 0. The zero-order chi connectivity index (χ0) is 14.1. The van der Waals surface area contributed by atoms with Crippen LogP contribution in [0.15, 0.2) is 16.9 Å². The maximum atomic E-state index is 12.2. The van der Waals surface area contributed by atoms with Crippen molar-refractivity contribution in [1.29, 1.82) is 0 Å². The summed E-state index contributed by atoms with van der Waals surface area (Å²) in [4.78, 5) is 14.0. The highest BCUT2D eigenvalue weighted by Crippen LogP contribution is 2.20. The van der Waals surface area contributed by atoms with Crippen molar-refractivity contribution in [3.63, 3.8) is 0 Å². The summed E-state index contributed by atoms with van der Waals surface area (Å²) in [5.74, 6) is 1.33. The van der Waals surface area contributed by atoms with Crippen molar-refractivity contribution in [3.8, 4) is 0 Å². The van der Waals surface area contributed by atoms with Gasteiger partial charge in [-0.1, -0.05) is 10.4 Å². The van der Waals surface area contributed by atoms with Crippen LogP contribution < -0.4 is 0 Å². The molecule has 0 spiro atoms. The van der Waals surface area contributed by atoms with Crippen molar-refractivity contribution in [2.24, 2.45) is 5.92 Å². The van der Waals surface area contributed by atoms with Crippen molar-refractivity contribution < 1.29 is 9.32 Å². The minimum atomic E-state index is 0.134. The molecule has 7 heteroatoms. The summed E-state index contributed by atoms with van der Waals surface area (Å²) in [6.07, 6.45) is 3.88. The topological polar surface area (TPSA) is 77.0 Å². The molecule has 0 bridgehead atoms. The summed E-state index contributed by atoms with van der Waals surface area (Å²) < 4.78 is 6.89. The third-order valence-corrected chi connectivity index (χ3v) is 3.74. The monoisotopic (exact) mass is 275 g/mol. The lowest BCUT2D eigenvalue weighted by molar-refractivity contribution is -0.137. The molecular weight excluding hydrogens is 258 g/mol. The Kier molecular flexibility index (Phi) is 3.25. The Hall–Kier alpha value is -2.18. The molecule has 1 saturated heterocycles. The highest BCUT2D eigenvalue weighted by molar-refractivity contribution is 5.80. The Morgan fingerprint density at radius 3 is 2.85 bits per heavy atom. The molecule has 2 aromatic heterocycles. The molecule has 3 heterocycles. The molecule has 0 atom stereocenters. The molecular formula is C13H17N5O2. The molecule has 1 aliphatic heterocycles. The van der Waals surface area contributed by atoms with Crippen LogP contribution in [0.25, 0.3) is 0 Å². The van der Waals surface area contributed by atoms with Crippen LogP contribution in [-0.2, 0) is 17.8 Å². The van der Waals surface area contributed by atoms with Gasteiger partial charge < -0.3 is 9.42 Å². The molecule has 0 N–H and O–H groups in total. The first-order valence-electron chi connectivity index (χ1n) is 6.67. The van der Waals surface area contributed by atoms with E-state index in [9.17, 15) is 4.79 Å². The molecule has 1 amide bonds. The van der Waals surface area contributed by atoms with E-state index in [-0.39, 0.29) is 5.91 Å². The van der Waals surface area contributed by atoms with Crippen LogP contribution in [0.1, 0.15) is 17.0 Å². The van der Waals surface area contributed by atoms with Crippen LogP contribution in [0, 0.1) is 19.8 Å². The predicted molar refractivity (Wildman–Crippen MR) is 69.8 cm³/mol. The second-order valence-corrected chi connectivity index (χ2v) is 5.27. The van der Waals surface area contributed by atoms with E-state index in [1.165, 1.54) is 0 Å². The number of amides is 1. The molecule has 7 nitrogen and oxygen atoms in total. The third-order valence-electron chi connectivity index (χ3n) is 3.74. The fourth-order valence-corrected chi connectivity index (χ4v) is 2.50. The van der Waals surface area contributed by atoms with Crippen LogP contribution in [0.2, 0.25) is 0 Å². The second-order valence-electron chi connectivity index (χ2n) is 5.27. The second kappa shape index (κ2) is 5.07. The molecule has 0 saturated carbocycles. The molecule has 1 aliphatic rings. The SMILES string of the molecule is Cc1noc(C)c1CC(=O)N1CC(Cn2ccnn2)C1. The fourth-order valence-electron chi connectivity index (χ4n) is 2.50. The van der Waals surface area contributed by atoms with Gasteiger partial charge in [-0.2, -0.15) is 0 Å². The van der Waals surface area contributed by atoms with E-state index in [0.29, 0.717) is 12.3 Å². The summed E-state index contributed by atoms with van der Waals surface area (Å²) in [5, 5.41) is 11.6. The van der Waals surface area contributed by atoms with Crippen LogP contribution in [0.4, 0.5) is 0 Å². The molecule has 1 fully saturated rings. The van der Waals surface area contributed by atoms with Gasteiger partial charge in [0, 0.05) is 37.3 Å². The first kappa shape index (κ1) is 12.8. The van der Waals surface area contributed by atoms with Gasteiger partial charge in [-0.05, 0) is 13.8 Å². The van der Waals surface area contributed by atoms with Gasteiger partial charge in [0.25, 0.3) is 0 Å². The summed E-state index contributed by atoms with van der Waals surface area (Å²) in [6, 6.07) is 0. The lowest BCUT2D eigenvalue weighted by atomic mass is 9.98. The van der Waals surface area contributed by atoms with E-state index in [1.54, 1.807) is 10.9 Å². The van der Waals surface area contributed by atoms with Gasteiger partial charge in [0.2, 0.25) is 5.91 Å². The number of likely N-dealkylation sites (tertiary alicyclic amines) is 1. The van der Waals surface area contributed by atoms with Gasteiger partial charge in [0.1, 0.15) is 5.76 Å². The first-order valence-corrected chi connectivity index (χ1v) is 6.67. The van der Waals surface area contributed by atoms with Crippen molar-refractivity contribution in [2.75, 3.05) is 13.1 Å². The number of hydrogen-bond donors (Lipinski definition) is 0. The number of aromatic nitrogens is 4. The fraction of sp³-hybridized carbons (Fsp3) is 0.538. The average Bonchev–Trinajstić information content (AvgIpc) is 2.98. The Bertz CT molecular complexity index is 579. The minimum absolute atomic E-state index is 0.134. The molecule has 0 unspecified atom stereocenters. The highest BCUT2D eigenvalue weighted by atomic mass is 16.5. The van der Waals surface area contributed by atoms with Crippen molar-refractivity contribution in [1.82, 2.24) is 25.1 Å². The zero-order valence-electron chi connectivity index (χ0n) is 11.6. The van der Waals surface area contributed by atoms with E-state index >= 15 is 0 Å². The standard InChI is InChI=1S/C13H17N5O2/c1-9-12(10(2)20-15-9)5-13(19)17-6-11(7-17)8-18-4-3-14-16-18/h3-4,11H,5-8H2,1-2H3. The first-order chi connectivity index (χ1) is 9.63. The number of carbonyl (C=O) groups is 1. The van der Waals surface area contributed by atoms with Gasteiger partial charge in [-0.15, -0.1) is 5.10 Å². The van der Waals surface area contributed by atoms with E-state index < -0.39 is 0 Å². The highest BCUT2D eigenvalue weighted by Gasteiger charge is 2.31. The Balaban J connectivity index is 1.51.